The summed E-state index contributed by atoms with van der Waals surface area (Å²) in [5, 5.41) is 0. The highest BCUT2D eigenvalue weighted by Crippen LogP contribution is 2.25. The Morgan fingerprint density at radius 3 is 2.93 bits per heavy atom. The highest BCUT2D eigenvalue weighted by molar-refractivity contribution is 5.66. The normalized spacial score (nSPS) is 21.9. The van der Waals surface area contributed by atoms with Gasteiger partial charge in [-0.15, -0.1) is 0 Å². The molecule has 0 radical (unpaired) electrons. The molecule has 0 spiro atoms. The highest BCUT2D eigenvalue weighted by Gasteiger charge is 2.11. The molecule has 0 bridgehead atoms. The van der Waals surface area contributed by atoms with Crippen molar-refractivity contribution in [1.82, 2.24) is 4.98 Å². The maximum absolute atomic E-state index is 5.84. The van der Waals surface area contributed by atoms with Crippen LogP contribution in [-0.2, 0) is 0 Å². The van der Waals surface area contributed by atoms with Gasteiger partial charge in [0.1, 0.15) is 0 Å². The summed E-state index contributed by atoms with van der Waals surface area (Å²) in [6.07, 6.45) is 9.27. The van der Waals surface area contributed by atoms with Crippen LogP contribution in [0.2, 0.25) is 0 Å². The van der Waals surface area contributed by atoms with Gasteiger partial charge >= 0.3 is 0 Å². The molecule has 0 aliphatic heterocycles. The molecule has 2 rings (SSSR count). The van der Waals surface area contributed by atoms with Gasteiger partial charge in [-0.05, 0) is 49.0 Å². The molecule has 2 nitrogen and oxygen atoms in total. The van der Waals surface area contributed by atoms with Crippen molar-refractivity contribution in [2.75, 3.05) is 0 Å². The first kappa shape index (κ1) is 9.41. The molecule has 74 valence electrons. The topological polar surface area (TPSA) is 38.9 Å². The molecule has 0 fully saturated rings. The summed E-state index contributed by atoms with van der Waals surface area (Å²) in [6.45, 7) is 2.08. The van der Waals surface area contributed by atoms with E-state index in [0.717, 1.165) is 19.3 Å². The van der Waals surface area contributed by atoms with E-state index >= 15 is 0 Å². The number of aryl methyl sites for hydroxylation is 1. The third-order valence-corrected chi connectivity index (χ3v) is 2.70. The van der Waals surface area contributed by atoms with Crippen LogP contribution in [0.4, 0.5) is 0 Å². The van der Waals surface area contributed by atoms with Gasteiger partial charge in [-0.25, -0.2) is 0 Å². The van der Waals surface area contributed by atoms with Crippen LogP contribution in [0.5, 0.6) is 0 Å². The van der Waals surface area contributed by atoms with Gasteiger partial charge in [0.2, 0.25) is 0 Å². The summed E-state index contributed by atoms with van der Waals surface area (Å²) >= 11 is 0. The van der Waals surface area contributed by atoms with Crippen LogP contribution in [0, 0.1) is 6.92 Å². The van der Waals surface area contributed by atoms with Crippen LogP contribution in [0.1, 0.15) is 30.4 Å². The summed E-state index contributed by atoms with van der Waals surface area (Å²) in [4.78, 5) is 4.21. The Kier molecular flexibility index (Phi) is 2.64. The van der Waals surface area contributed by atoms with E-state index in [2.05, 4.69) is 24.1 Å². The predicted octanol–water partition coefficient (Wildman–Crippen LogP) is 2.28. The Labute approximate surface area is 84.9 Å². The predicted molar refractivity (Wildman–Crippen MR) is 58.8 cm³/mol. The molecule has 2 heteroatoms. The summed E-state index contributed by atoms with van der Waals surface area (Å²) in [7, 11) is 0. The van der Waals surface area contributed by atoms with Crippen LogP contribution in [0.3, 0.4) is 0 Å². The van der Waals surface area contributed by atoms with E-state index in [-0.39, 0.29) is 0 Å². The molecule has 1 unspecified atom stereocenters. The molecule has 1 aromatic heterocycles. The lowest BCUT2D eigenvalue weighted by atomic mass is 9.91. The second-order valence-electron chi connectivity index (χ2n) is 4.01. The first-order valence-electron chi connectivity index (χ1n) is 5.12. The van der Waals surface area contributed by atoms with Crippen molar-refractivity contribution in [2.24, 2.45) is 5.73 Å². The maximum Gasteiger partial charge on any atom is 0.0343 e. The highest BCUT2D eigenvalue weighted by atomic mass is 14.6. The zero-order valence-electron chi connectivity index (χ0n) is 8.53. The van der Waals surface area contributed by atoms with Crippen molar-refractivity contribution in [1.29, 1.82) is 0 Å². The Morgan fingerprint density at radius 1 is 1.43 bits per heavy atom. The SMILES string of the molecule is Cc1cncc(C2=CCC(N)CC2)c1. The molecular formula is C12H16N2. The minimum atomic E-state index is 0.358. The van der Waals surface area contributed by atoms with E-state index in [1.165, 1.54) is 16.7 Å². The average molecular weight is 188 g/mol. The third kappa shape index (κ3) is 2.02. The van der Waals surface area contributed by atoms with Gasteiger partial charge < -0.3 is 5.73 Å². The Bertz CT molecular complexity index is 355. The molecule has 2 N–H and O–H groups in total. The van der Waals surface area contributed by atoms with Crippen molar-refractivity contribution >= 4 is 5.57 Å². The zero-order valence-corrected chi connectivity index (χ0v) is 8.53. The molecule has 1 atom stereocenters. The van der Waals surface area contributed by atoms with Crippen molar-refractivity contribution in [2.45, 2.75) is 32.2 Å². The van der Waals surface area contributed by atoms with Crippen molar-refractivity contribution in [3.05, 3.63) is 35.7 Å². The zero-order chi connectivity index (χ0) is 9.97. The fraction of sp³-hybridized carbons (Fsp3) is 0.417. The quantitative estimate of drug-likeness (QED) is 0.734. The largest absolute Gasteiger partial charge is 0.327 e. The van der Waals surface area contributed by atoms with E-state index in [1.54, 1.807) is 0 Å². The van der Waals surface area contributed by atoms with Gasteiger partial charge in [-0.1, -0.05) is 6.08 Å². The molecule has 1 heterocycles. The van der Waals surface area contributed by atoms with Crippen molar-refractivity contribution < 1.29 is 0 Å². The molecular weight excluding hydrogens is 172 g/mol. The lowest BCUT2D eigenvalue weighted by Crippen LogP contribution is -2.21. The maximum atomic E-state index is 5.84. The van der Waals surface area contributed by atoms with Gasteiger partial charge in [-0.3, -0.25) is 4.98 Å². The second-order valence-corrected chi connectivity index (χ2v) is 4.01. The lowest BCUT2D eigenvalue weighted by molar-refractivity contribution is 0.614. The molecule has 14 heavy (non-hydrogen) atoms. The van der Waals surface area contributed by atoms with Crippen LogP contribution >= 0.6 is 0 Å². The van der Waals surface area contributed by atoms with Gasteiger partial charge in [0.25, 0.3) is 0 Å². The minimum Gasteiger partial charge on any atom is -0.327 e. The number of rotatable bonds is 1. The first-order valence-corrected chi connectivity index (χ1v) is 5.12. The van der Waals surface area contributed by atoms with Gasteiger partial charge in [0.05, 0.1) is 0 Å². The van der Waals surface area contributed by atoms with Crippen molar-refractivity contribution in [3.8, 4) is 0 Å². The number of nitrogens with zero attached hydrogens (tertiary/aromatic N) is 1. The van der Waals surface area contributed by atoms with Gasteiger partial charge in [0, 0.05) is 18.4 Å². The van der Waals surface area contributed by atoms with Gasteiger partial charge in [-0.2, -0.15) is 0 Å². The summed E-state index contributed by atoms with van der Waals surface area (Å²) < 4.78 is 0. The Morgan fingerprint density at radius 2 is 2.29 bits per heavy atom. The average Bonchev–Trinajstić information content (AvgIpc) is 2.19. The number of aromatic nitrogens is 1. The van der Waals surface area contributed by atoms with E-state index in [9.17, 15) is 0 Å². The lowest BCUT2D eigenvalue weighted by Gasteiger charge is -2.18. The molecule has 0 amide bonds. The fourth-order valence-electron chi connectivity index (χ4n) is 1.85. The standard InChI is InChI=1S/C12H16N2/c1-9-6-11(8-14-7-9)10-2-4-12(13)5-3-10/h2,6-8,12H,3-5,13H2,1H3. The number of nitrogens with two attached hydrogens (primary N) is 1. The second kappa shape index (κ2) is 3.93. The number of allylic oxidation sites excluding steroid dienone is 1. The van der Waals surface area contributed by atoms with E-state index in [0.29, 0.717) is 6.04 Å². The van der Waals surface area contributed by atoms with E-state index in [4.69, 9.17) is 5.73 Å². The minimum absolute atomic E-state index is 0.358. The molecule has 0 saturated carbocycles. The first-order chi connectivity index (χ1) is 6.75. The van der Waals surface area contributed by atoms with Crippen LogP contribution < -0.4 is 5.73 Å². The molecule has 0 saturated heterocycles. The Balaban J connectivity index is 2.23. The third-order valence-electron chi connectivity index (χ3n) is 2.70. The van der Waals surface area contributed by atoms with Crippen molar-refractivity contribution in [3.63, 3.8) is 0 Å². The Hall–Kier alpha value is -1.15. The number of hydrogen-bond donors (Lipinski definition) is 1. The smallest absolute Gasteiger partial charge is 0.0343 e. The molecule has 1 aliphatic carbocycles. The summed E-state index contributed by atoms with van der Waals surface area (Å²) in [6, 6.07) is 2.55. The summed E-state index contributed by atoms with van der Waals surface area (Å²) in [5.74, 6) is 0. The van der Waals surface area contributed by atoms with E-state index < -0.39 is 0 Å². The molecule has 0 aromatic carbocycles. The van der Waals surface area contributed by atoms with E-state index in [1.807, 2.05) is 12.4 Å². The van der Waals surface area contributed by atoms with Crippen LogP contribution in [-0.4, -0.2) is 11.0 Å². The number of hydrogen-bond acceptors (Lipinski definition) is 2. The summed E-state index contributed by atoms with van der Waals surface area (Å²) in [5.41, 5.74) is 9.73. The fourth-order valence-corrected chi connectivity index (χ4v) is 1.85. The van der Waals surface area contributed by atoms with Crippen LogP contribution in [0.25, 0.3) is 5.57 Å². The van der Waals surface area contributed by atoms with Crippen LogP contribution in [0.15, 0.2) is 24.5 Å². The molecule has 1 aromatic rings. The molecule has 1 aliphatic rings. The monoisotopic (exact) mass is 188 g/mol. The van der Waals surface area contributed by atoms with Gasteiger partial charge in [0.15, 0.2) is 0 Å². The number of pyridine rings is 1.